The SMILES string of the molecule is CC1=C(C#Cc2ccc(CN3CCC(CO)CC3)cc2)C=C(C(F)F)/C(=C/NC(C(=O)Nc2nccs2)c2ncn3c2CCC32CC2)C1=N. The number of fused-ring (bicyclic) bond motifs is 2. The fraction of sp³-hybridized carbons (Fsp3) is 0.405. The summed E-state index contributed by atoms with van der Waals surface area (Å²) in [4.78, 5) is 24.8. The van der Waals surface area contributed by atoms with Crippen molar-refractivity contribution in [2.24, 2.45) is 5.92 Å². The Morgan fingerprint density at radius 3 is 2.63 bits per heavy atom. The third-order valence-electron chi connectivity index (χ3n) is 10.2. The molecule has 1 amide bonds. The number of anilines is 1. The van der Waals surface area contributed by atoms with Crippen molar-refractivity contribution in [2.75, 3.05) is 25.0 Å². The molecule has 9 nitrogen and oxygen atoms in total. The fourth-order valence-electron chi connectivity index (χ4n) is 7.01. The van der Waals surface area contributed by atoms with Crippen LogP contribution in [-0.2, 0) is 23.3 Å². The summed E-state index contributed by atoms with van der Waals surface area (Å²) in [5.41, 5.74) is 3.93. The molecular formula is C37H39F2N7O2S. The Morgan fingerprint density at radius 2 is 1.96 bits per heavy atom. The van der Waals surface area contributed by atoms with Gasteiger partial charge in [0.2, 0.25) is 0 Å². The van der Waals surface area contributed by atoms with Crippen molar-refractivity contribution in [3.8, 4) is 11.8 Å². The van der Waals surface area contributed by atoms with Crippen LogP contribution in [0.25, 0.3) is 0 Å². The first-order valence-electron chi connectivity index (χ1n) is 16.7. The molecule has 4 aliphatic rings. The Labute approximate surface area is 288 Å². The molecule has 7 rings (SSSR count). The highest BCUT2D eigenvalue weighted by Gasteiger charge is 2.50. The number of nitrogens with zero attached hydrogens (tertiary/aromatic N) is 4. The summed E-state index contributed by atoms with van der Waals surface area (Å²) in [6, 6.07) is 6.93. The van der Waals surface area contributed by atoms with Crippen molar-refractivity contribution in [1.29, 1.82) is 5.41 Å². The minimum atomic E-state index is -2.87. The lowest BCUT2D eigenvalue weighted by Gasteiger charge is -2.31. The molecule has 49 heavy (non-hydrogen) atoms. The van der Waals surface area contributed by atoms with Gasteiger partial charge in [-0.15, -0.1) is 11.3 Å². The van der Waals surface area contributed by atoms with Gasteiger partial charge in [-0.1, -0.05) is 24.0 Å². The quantitative estimate of drug-likeness (QED) is 0.214. The maximum atomic E-state index is 14.5. The summed E-state index contributed by atoms with van der Waals surface area (Å²) >= 11 is 1.28. The number of benzene rings is 1. The second-order valence-electron chi connectivity index (χ2n) is 13.3. The number of hydrogen-bond acceptors (Lipinski definition) is 8. The van der Waals surface area contributed by atoms with E-state index in [1.807, 2.05) is 24.3 Å². The molecule has 1 atom stereocenters. The number of carbonyl (C=O) groups excluding carboxylic acids is 1. The van der Waals surface area contributed by atoms with E-state index in [1.54, 1.807) is 24.8 Å². The molecule has 0 bridgehead atoms. The van der Waals surface area contributed by atoms with Crippen LogP contribution in [0.4, 0.5) is 13.9 Å². The first-order chi connectivity index (χ1) is 23.7. The van der Waals surface area contributed by atoms with Crippen LogP contribution >= 0.6 is 11.3 Å². The van der Waals surface area contributed by atoms with Gasteiger partial charge in [-0.3, -0.25) is 20.4 Å². The number of likely N-dealkylation sites (tertiary alicyclic amines) is 1. The van der Waals surface area contributed by atoms with Gasteiger partial charge in [0.05, 0.1) is 17.7 Å². The molecule has 2 fully saturated rings. The highest BCUT2D eigenvalue weighted by Crippen LogP contribution is 2.52. The van der Waals surface area contributed by atoms with Crippen LogP contribution in [0.15, 0.2) is 76.7 Å². The molecule has 4 heterocycles. The topological polar surface area (TPSA) is 119 Å². The number of rotatable bonds is 9. The van der Waals surface area contributed by atoms with Gasteiger partial charge < -0.3 is 15.0 Å². The van der Waals surface area contributed by atoms with Gasteiger partial charge in [0, 0.05) is 64.4 Å². The second kappa shape index (κ2) is 13.8. The number of hydrogen-bond donors (Lipinski definition) is 4. The molecule has 2 aromatic heterocycles. The molecule has 1 spiro atoms. The van der Waals surface area contributed by atoms with Crippen LogP contribution in [0.1, 0.15) is 67.6 Å². The minimum absolute atomic E-state index is 0.00647. The molecule has 1 aromatic carbocycles. The molecule has 1 saturated carbocycles. The standard InChI is InChI=1S/C37H39F2N7O2S/c1-23-27(7-6-24-2-4-25(5-3-24)20-45-15-9-26(21-47)10-16-45)18-28(34(38)39)29(31(23)40)19-42-33(35(48)44-36-41-14-17-49-36)32-30-8-11-37(12-13-37)46(30)22-43-32/h2-5,14,17-19,22,26,33-34,40,42,47H,8-13,15-16,20-21H2,1H3,(H,41,44,48)/b29-19-,40-31?. The van der Waals surface area contributed by atoms with Crippen molar-refractivity contribution in [3.63, 3.8) is 0 Å². The van der Waals surface area contributed by atoms with Gasteiger partial charge in [-0.2, -0.15) is 0 Å². The zero-order chi connectivity index (χ0) is 34.1. The van der Waals surface area contributed by atoms with E-state index in [-0.39, 0.29) is 29.0 Å². The molecule has 3 aromatic rings. The Bertz CT molecular complexity index is 1890. The van der Waals surface area contributed by atoms with Crippen molar-refractivity contribution in [3.05, 3.63) is 99.3 Å². The molecule has 2 aliphatic carbocycles. The van der Waals surface area contributed by atoms with E-state index in [2.05, 4.69) is 41.9 Å². The van der Waals surface area contributed by atoms with E-state index in [4.69, 9.17) is 5.41 Å². The van der Waals surface area contributed by atoms with Gasteiger partial charge in [-0.05, 0) is 93.8 Å². The van der Waals surface area contributed by atoms with Crippen molar-refractivity contribution >= 4 is 28.1 Å². The number of allylic oxidation sites excluding steroid dienone is 5. The van der Waals surface area contributed by atoms with Gasteiger partial charge in [0.15, 0.2) is 11.2 Å². The van der Waals surface area contributed by atoms with Crippen LogP contribution in [0.2, 0.25) is 0 Å². The van der Waals surface area contributed by atoms with Crippen LogP contribution in [-0.4, -0.2) is 62.3 Å². The number of alkyl halides is 2. The summed E-state index contributed by atoms with van der Waals surface area (Å²) in [5.74, 6) is 6.09. The zero-order valence-corrected chi connectivity index (χ0v) is 28.1. The summed E-state index contributed by atoms with van der Waals surface area (Å²) in [6.07, 6.45) is 9.13. The Balaban J connectivity index is 1.10. The van der Waals surface area contributed by atoms with Gasteiger partial charge in [0.1, 0.15) is 0 Å². The number of amides is 1. The Hall–Kier alpha value is -4.44. The van der Waals surface area contributed by atoms with E-state index in [9.17, 15) is 18.7 Å². The smallest absolute Gasteiger partial charge is 0.264 e. The third kappa shape index (κ3) is 6.88. The van der Waals surface area contributed by atoms with E-state index in [1.165, 1.54) is 23.6 Å². The summed E-state index contributed by atoms with van der Waals surface area (Å²) in [6.45, 7) is 4.70. The summed E-state index contributed by atoms with van der Waals surface area (Å²) < 4.78 is 31.3. The summed E-state index contributed by atoms with van der Waals surface area (Å²) in [7, 11) is 0. The third-order valence-corrected chi connectivity index (χ3v) is 10.9. The molecule has 4 N–H and O–H groups in total. The number of thiazole rings is 1. The molecule has 2 aliphatic heterocycles. The average Bonchev–Trinajstić information content (AvgIpc) is 3.36. The Kier molecular flexibility index (Phi) is 9.33. The maximum Gasteiger partial charge on any atom is 0.264 e. The van der Waals surface area contributed by atoms with E-state index in [0.717, 1.165) is 75.0 Å². The normalized spacial score (nSPS) is 20.3. The van der Waals surface area contributed by atoms with E-state index < -0.39 is 18.4 Å². The number of carbonyl (C=O) groups is 1. The molecule has 1 unspecified atom stereocenters. The van der Waals surface area contributed by atoms with E-state index in [0.29, 0.717) is 27.9 Å². The first kappa shape index (κ1) is 33.1. The van der Waals surface area contributed by atoms with Crippen LogP contribution in [0.3, 0.4) is 0 Å². The fourth-order valence-corrected chi connectivity index (χ4v) is 7.54. The van der Waals surface area contributed by atoms with Crippen LogP contribution < -0.4 is 10.6 Å². The van der Waals surface area contributed by atoms with Crippen molar-refractivity contribution in [1.82, 2.24) is 24.8 Å². The number of halogens is 2. The van der Waals surface area contributed by atoms with Gasteiger partial charge >= 0.3 is 0 Å². The Morgan fingerprint density at radius 1 is 1.18 bits per heavy atom. The van der Waals surface area contributed by atoms with Crippen LogP contribution in [0, 0.1) is 23.2 Å². The molecule has 12 heteroatoms. The lowest BCUT2D eigenvalue weighted by Crippen LogP contribution is -2.34. The highest BCUT2D eigenvalue weighted by atomic mass is 32.1. The molecule has 254 valence electrons. The first-order valence-corrected chi connectivity index (χ1v) is 17.6. The average molecular weight is 684 g/mol. The zero-order valence-electron chi connectivity index (χ0n) is 27.3. The minimum Gasteiger partial charge on any atom is -0.396 e. The highest BCUT2D eigenvalue weighted by molar-refractivity contribution is 7.13. The van der Waals surface area contributed by atoms with E-state index >= 15 is 0 Å². The number of nitrogens with one attached hydrogen (secondary N) is 3. The second-order valence-corrected chi connectivity index (χ2v) is 14.2. The number of imidazole rings is 1. The van der Waals surface area contributed by atoms with Gasteiger partial charge in [-0.25, -0.2) is 18.7 Å². The van der Waals surface area contributed by atoms with Crippen LogP contribution in [0.5, 0.6) is 0 Å². The lowest BCUT2D eigenvalue weighted by atomic mass is 9.87. The predicted molar refractivity (Wildman–Crippen MR) is 185 cm³/mol. The molecular weight excluding hydrogens is 645 g/mol. The molecule has 1 saturated heterocycles. The number of piperidine rings is 1. The van der Waals surface area contributed by atoms with Gasteiger partial charge in [0.25, 0.3) is 12.3 Å². The number of aromatic nitrogens is 3. The van der Waals surface area contributed by atoms with Crippen molar-refractivity contribution < 1.29 is 18.7 Å². The number of aliphatic hydroxyl groups is 1. The monoisotopic (exact) mass is 683 g/mol. The lowest BCUT2D eigenvalue weighted by molar-refractivity contribution is -0.118. The predicted octanol–water partition coefficient (Wildman–Crippen LogP) is 5.73. The molecule has 0 radical (unpaired) electrons. The van der Waals surface area contributed by atoms with Crippen molar-refractivity contribution in [2.45, 2.75) is 70.0 Å². The maximum absolute atomic E-state index is 14.5. The number of aliphatic hydroxyl groups excluding tert-OH is 1. The largest absolute Gasteiger partial charge is 0.396 e. The summed E-state index contributed by atoms with van der Waals surface area (Å²) in [5, 5.41) is 26.3.